The van der Waals surface area contributed by atoms with Crippen molar-refractivity contribution in [2.75, 3.05) is 13.7 Å². The normalized spacial score (nSPS) is 16.9. The average molecular weight is 229 g/mol. The highest BCUT2D eigenvalue weighted by molar-refractivity contribution is 5.71. The van der Waals surface area contributed by atoms with Crippen molar-refractivity contribution in [2.24, 2.45) is 17.8 Å². The van der Waals surface area contributed by atoms with Crippen LogP contribution in [0.1, 0.15) is 41.0 Å². The van der Waals surface area contributed by atoms with E-state index in [1.54, 1.807) is 0 Å². The molecule has 0 amide bonds. The summed E-state index contributed by atoms with van der Waals surface area (Å²) in [6, 6.07) is 0.357. The van der Waals surface area contributed by atoms with Crippen LogP contribution < -0.4 is 5.32 Å². The van der Waals surface area contributed by atoms with Crippen LogP contribution in [0, 0.1) is 17.8 Å². The van der Waals surface area contributed by atoms with Crippen molar-refractivity contribution in [1.82, 2.24) is 5.32 Å². The molecular formula is C13H27NO2. The summed E-state index contributed by atoms with van der Waals surface area (Å²) in [5.41, 5.74) is 0. The molecule has 3 nitrogen and oxygen atoms in total. The van der Waals surface area contributed by atoms with Gasteiger partial charge in [0.1, 0.15) is 0 Å². The van der Waals surface area contributed by atoms with Crippen LogP contribution in [-0.4, -0.2) is 25.7 Å². The second kappa shape index (κ2) is 7.66. The Bertz CT molecular complexity index is 204. The molecule has 0 fully saturated rings. The molecule has 0 bridgehead atoms. The number of rotatable bonds is 7. The molecule has 0 aliphatic heterocycles. The van der Waals surface area contributed by atoms with Crippen molar-refractivity contribution in [3.05, 3.63) is 0 Å². The topological polar surface area (TPSA) is 38.3 Å². The smallest absolute Gasteiger partial charge is 0.308 e. The number of hydrogen-bond acceptors (Lipinski definition) is 3. The van der Waals surface area contributed by atoms with Gasteiger partial charge in [0.15, 0.2) is 0 Å². The van der Waals surface area contributed by atoms with Gasteiger partial charge in [-0.05, 0) is 31.7 Å². The largest absolute Gasteiger partial charge is 0.469 e. The molecule has 3 atom stereocenters. The number of hydrogen-bond donors (Lipinski definition) is 1. The zero-order chi connectivity index (χ0) is 12.7. The van der Waals surface area contributed by atoms with Gasteiger partial charge in [-0.15, -0.1) is 0 Å². The molecule has 3 unspecified atom stereocenters. The third kappa shape index (κ3) is 6.11. The second-order valence-electron chi connectivity index (χ2n) is 5.19. The van der Waals surface area contributed by atoms with Gasteiger partial charge in [0.2, 0.25) is 0 Å². The standard InChI is InChI=1S/C13H27NO2/c1-9(2)11(4)8-14-12(5)7-10(3)13(15)16-6/h9-12,14H,7-8H2,1-6H3. The summed E-state index contributed by atoms with van der Waals surface area (Å²) in [4.78, 5) is 11.2. The van der Waals surface area contributed by atoms with Gasteiger partial charge < -0.3 is 10.1 Å². The summed E-state index contributed by atoms with van der Waals surface area (Å²) >= 11 is 0. The van der Waals surface area contributed by atoms with E-state index in [-0.39, 0.29) is 11.9 Å². The molecular weight excluding hydrogens is 202 g/mol. The third-order valence-electron chi connectivity index (χ3n) is 3.24. The Balaban J connectivity index is 3.82. The fourth-order valence-electron chi connectivity index (χ4n) is 1.53. The van der Waals surface area contributed by atoms with Crippen molar-refractivity contribution >= 4 is 5.97 Å². The van der Waals surface area contributed by atoms with Crippen LogP contribution in [0.25, 0.3) is 0 Å². The molecule has 1 N–H and O–H groups in total. The molecule has 3 heteroatoms. The lowest BCUT2D eigenvalue weighted by atomic mass is 9.97. The van der Waals surface area contributed by atoms with Crippen LogP contribution in [0.15, 0.2) is 0 Å². The van der Waals surface area contributed by atoms with Crippen LogP contribution in [0.3, 0.4) is 0 Å². The predicted molar refractivity (Wildman–Crippen MR) is 67.3 cm³/mol. The van der Waals surface area contributed by atoms with Crippen LogP contribution in [0.5, 0.6) is 0 Å². The molecule has 0 saturated heterocycles. The Morgan fingerprint density at radius 1 is 1.19 bits per heavy atom. The number of esters is 1. The maximum atomic E-state index is 11.2. The molecule has 0 rings (SSSR count). The quantitative estimate of drug-likeness (QED) is 0.681. The Kier molecular flexibility index (Phi) is 7.39. The molecule has 16 heavy (non-hydrogen) atoms. The van der Waals surface area contributed by atoms with E-state index >= 15 is 0 Å². The van der Waals surface area contributed by atoms with Gasteiger partial charge in [0, 0.05) is 6.04 Å². The molecule has 96 valence electrons. The first-order valence-electron chi connectivity index (χ1n) is 6.19. The van der Waals surface area contributed by atoms with Crippen LogP contribution in [-0.2, 0) is 9.53 Å². The second-order valence-corrected chi connectivity index (χ2v) is 5.19. The Morgan fingerprint density at radius 3 is 2.19 bits per heavy atom. The summed E-state index contributed by atoms with van der Waals surface area (Å²) in [5, 5.41) is 3.47. The lowest BCUT2D eigenvalue weighted by Crippen LogP contribution is -2.34. The van der Waals surface area contributed by atoms with E-state index in [9.17, 15) is 4.79 Å². The molecule has 0 radical (unpaired) electrons. The zero-order valence-electron chi connectivity index (χ0n) is 11.5. The van der Waals surface area contributed by atoms with E-state index < -0.39 is 0 Å². The molecule has 0 aromatic rings. The number of nitrogens with one attached hydrogen (secondary N) is 1. The van der Waals surface area contributed by atoms with Crippen molar-refractivity contribution < 1.29 is 9.53 Å². The summed E-state index contributed by atoms with van der Waals surface area (Å²) in [5.74, 6) is 1.21. The van der Waals surface area contributed by atoms with E-state index in [2.05, 4.69) is 33.0 Å². The van der Waals surface area contributed by atoms with E-state index in [4.69, 9.17) is 4.74 Å². The highest BCUT2D eigenvalue weighted by atomic mass is 16.5. The minimum Gasteiger partial charge on any atom is -0.469 e. The summed E-state index contributed by atoms with van der Waals surface area (Å²) in [7, 11) is 1.44. The van der Waals surface area contributed by atoms with E-state index in [0.29, 0.717) is 17.9 Å². The molecule has 0 aliphatic carbocycles. The Hall–Kier alpha value is -0.570. The minimum absolute atomic E-state index is 0.0261. The number of carbonyl (C=O) groups is 1. The first-order chi connectivity index (χ1) is 7.38. The highest BCUT2D eigenvalue weighted by Crippen LogP contribution is 2.11. The van der Waals surface area contributed by atoms with Gasteiger partial charge in [0.25, 0.3) is 0 Å². The fraction of sp³-hybridized carbons (Fsp3) is 0.923. The van der Waals surface area contributed by atoms with E-state index in [0.717, 1.165) is 13.0 Å². The van der Waals surface area contributed by atoms with Crippen molar-refractivity contribution in [3.8, 4) is 0 Å². The van der Waals surface area contributed by atoms with Crippen LogP contribution in [0.2, 0.25) is 0 Å². The van der Waals surface area contributed by atoms with Crippen molar-refractivity contribution in [3.63, 3.8) is 0 Å². The van der Waals surface area contributed by atoms with E-state index in [1.165, 1.54) is 7.11 Å². The molecule has 0 heterocycles. The van der Waals surface area contributed by atoms with Gasteiger partial charge in [-0.2, -0.15) is 0 Å². The number of methoxy groups -OCH3 is 1. The molecule has 0 spiro atoms. The molecule has 0 saturated carbocycles. The SMILES string of the molecule is COC(=O)C(C)CC(C)NCC(C)C(C)C. The Morgan fingerprint density at radius 2 is 1.75 bits per heavy atom. The maximum Gasteiger partial charge on any atom is 0.308 e. The highest BCUT2D eigenvalue weighted by Gasteiger charge is 2.17. The summed E-state index contributed by atoms with van der Waals surface area (Å²) in [6.07, 6.45) is 0.831. The fourth-order valence-corrected chi connectivity index (χ4v) is 1.53. The Labute approximate surface area is 99.9 Å². The van der Waals surface area contributed by atoms with E-state index in [1.807, 2.05) is 6.92 Å². The van der Waals surface area contributed by atoms with Crippen LogP contribution in [0.4, 0.5) is 0 Å². The summed E-state index contributed by atoms with van der Waals surface area (Å²) < 4.78 is 4.71. The van der Waals surface area contributed by atoms with Crippen LogP contribution >= 0.6 is 0 Å². The molecule has 0 aromatic heterocycles. The van der Waals surface area contributed by atoms with Crippen molar-refractivity contribution in [2.45, 2.75) is 47.1 Å². The van der Waals surface area contributed by atoms with Gasteiger partial charge in [0.05, 0.1) is 13.0 Å². The third-order valence-corrected chi connectivity index (χ3v) is 3.24. The van der Waals surface area contributed by atoms with Gasteiger partial charge in [-0.1, -0.05) is 27.7 Å². The van der Waals surface area contributed by atoms with Gasteiger partial charge in [-0.25, -0.2) is 0 Å². The monoisotopic (exact) mass is 229 g/mol. The van der Waals surface area contributed by atoms with Gasteiger partial charge >= 0.3 is 5.97 Å². The van der Waals surface area contributed by atoms with Crippen molar-refractivity contribution in [1.29, 1.82) is 0 Å². The molecule has 0 aliphatic rings. The average Bonchev–Trinajstić information content (AvgIpc) is 2.24. The zero-order valence-corrected chi connectivity index (χ0v) is 11.5. The van der Waals surface area contributed by atoms with Gasteiger partial charge in [-0.3, -0.25) is 4.79 Å². The lowest BCUT2D eigenvalue weighted by Gasteiger charge is -2.21. The number of carbonyl (C=O) groups excluding carboxylic acids is 1. The minimum atomic E-state index is -0.120. The lowest BCUT2D eigenvalue weighted by molar-refractivity contribution is -0.145. The molecule has 0 aromatic carbocycles. The maximum absolute atomic E-state index is 11.2. The number of ether oxygens (including phenoxy) is 1. The summed E-state index contributed by atoms with van der Waals surface area (Å²) in [6.45, 7) is 11.7. The predicted octanol–water partition coefficient (Wildman–Crippen LogP) is 2.46. The first-order valence-corrected chi connectivity index (χ1v) is 6.19. The first kappa shape index (κ1) is 15.4.